The van der Waals surface area contributed by atoms with Crippen LogP contribution in [0.5, 0.6) is 0 Å². The van der Waals surface area contributed by atoms with Gasteiger partial charge in [-0.05, 0) is 25.5 Å². The average molecular weight is 364 g/mol. The van der Waals surface area contributed by atoms with Crippen LogP contribution in [-0.4, -0.2) is 42.5 Å². The molecule has 9 heteroatoms. The van der Waals surface area contributed by atoms with Crippen molar-refractivity contribution in [2.24, 2.45) is 0 Å². The molecule has 0 aliphatic rings. The minimum absolute atomic E-state index is 0.143. The molecule has 1 amide bonds. The smallest absolute Gasteiger partial charge is 0.331 e. The Hall–Kier alpha value is -3.23. The summed E-state index contributed by atoms with van der Waals surface area (Å²) in [5.74, 6) is -1.65. The van der Waals surface area contributed by atoms with Crippen molar-refractivity contribution in [2.75, 3.05) is 19.8 Å². The molecule has 0 saturated carbocycles. The van der Waals surface area contributed by atoms with Gasteiger partial charge in [0, 0.05) is 25.1 Å². The number of amides is 1. The Bertz CT molecular complexity index is 685. The third kappa shape index (κ3) is 8.04. The maximum atomic E-state index is 11.6. The summed E-state index contributed by atoms with van der Waals surface area (Å²) >= 11 is 0. The molecule has 0 radical (unpaired) electrons. The number of nitro groups is 1. The number of para-hydroxylation sites is 1. The van der Waals surface area contributed by atoms with E-state index in [-0.39, 0.29) is 30.2 Å². The molecule has 0 saturated heterocycles. The molecule has 0 fully saturated rings. The molecule has 1 N–H and O–H groups in total. The number of benzene rings is 1. The molecule has 0 spiro atoms. The average Bonchev–Trinajstić information content (AvgIpc) is 2.62. The van der Waals surface area contributed by atoms with Gasteiger partial charge in [-0.1, -0.05) is 12.1 Å². The maximum Gasteiger partial charge on any atom is 0.331 e. The van der Waals surface area contributed by atoms with Crippen molar-refractivity contribution >= 4 is 29.6 Å². The Labute approximate surface area is 150 Å². The molecule has 0 aliphatic carbocycles. The van der Waals surface area contributed by atoms with E-state index in [1.165, 1.54) is 24.3 Å². The molecule has 0 aliphatic heterocycles. The Kier molecular flexibility index (Phi) is 9.08. The first-order valence-corrected chi connectivity index (χ1v) is 7.94. The van der Waals surface area contributed by atoms with Crippen LogP contribution in [0.1, 0.15) is 25.3 Å². The summed E-state index contributed by atoms with van der Waals surface area (Å²) < 4.78 is 9.49. The second-order valence-corrected chi connectivity index (χ2v) is 5.02. The third-order valence-electron chi connectivity index (χ3n) is 3.06. The highest BCUT2D eigenvalue weighted by Gasteiger charge is 2.10. The fourth-order valence-electron chi connectivity index (χ4n) is 1.88. The van der Waals surface area contributed by atoms with E-state index in [1.54, 1.807) is 13.0 Å². The van der Waals surface area contributed by atoms with Gasteiger partial charge in [-0.15, -0.1) is 0 Å². The van der Waals surface area contributed by atoms with Crippen LogP contribution >= 0.6 is 0 Å². The molecule has 26 heavy (non-hydrogen) atoms. The molecule has 0 atom stereocenters. The first kappa shape index (κ1) is 20.8. The number of nitrogens with one attached hydrogen (secondary N) is 1. The molecule has 0 bridgehead atoms. The fourth-order valence-corrected chi connectivity index (χ4v) is 1.88. The summed E-state index contributed by atoms with van der Waals surface area (Å²) in [5.41, 5.74) is 0.105. The number of nitro benzene ring substituents is 1. The molecule has 0 heterocycles. The van der Waals surface area contributed by atoms with Crippen LogP contribution in [0.2, 0.25) is 0 Å². The number of rotatable bonds is 10. The fraction of sp³-hybridized carbons (Fsp3) is 0.353. The number of nitrogens with zero attached hydrogens (tertiary/aromatic N) is 1. The summed E-state index contributed by atoms with van der Waals surface area (Å²) in [5, 5.41) is 13.4. The van der Waals surface area contributed by atoms with Crippen molar-refractivity contribution in [1.82, 2.24) is 5.32 Å². The van der Waals surface area contributed by atoms with Gasteiger partial charge < -0.3 is 14.8 Å². The van der Waals surface area contributed by atoms with Crippen molar-refractivity contribution in [3.05, 3.63) is 46.0 Å². The number of esters is 2. The lowest BCUT2D eigenvalue weighted by atomic mass is 10.1. The van der Waals surface area contributed by atoms with Gasteiger partial charge in [0.05, 0.1) is 17.1 Å². The molecular formula is C17H20N2O7. The highest BCUT2D eigenvalue weighted by molar-refractivity contribution is 5.89. The summed E-state index contributed by atoms with van der Waals surface area (Å²) in [4.78, 5) is 44.5. The van der Waals surface area contributed by atoms with Gasteiger partial charge in [0.25, 0.3) is 11.6 Å². The Balaban J connectivity index is 2.32. The zero-order valence-corrected chi connectivity index (χ0v) is 14.3. The number of ether oxygens (including phenoxy) is 2. The number of hydrogen-bond acceptors (Lipinski definition) is 7. The monoisotopic (exact) mass is 364 g/mol. The van der Waals surface area contributed by atoms with E-state index in [0.717, 1.165) is 6.08 Å². The second-order valence-electron chi connectivity index (χ2n) is 5.02. The highest BCUT2D eigenvalue weighted by atomic mass is 16.6. The maximum absolute atomic E-state index is 11.6. The normalized spacial score (nSPS) is 10.3. The lowest BCUT2D eigenvalue weighted by Gasteiger charge is -2.05. The molecular weight excluding hydrogens is 344 g/mol. The van der Waals surface area contributed by atoms with Crippen molar-refractivity contribution in [3.8, 4) is 0 Å². The number of carbonyl (C=O) groups is 3. The van der Waals surface area contributed by atoms with Gasteiger partial charge in [-0.25, -0.2) is 4.79 Å². The number of hydrogen-bond donors (Lipinski definition) is 1. The largest absolute Gasteiger partial charge is 0.466 e. The minimum atomic E-state index is -0.801. The summed E-state index contributed by atoms with van der Waals surface area (Å²) in [6, 6.07) is 5.91. The molecule has 0 unspecified atom stereocenters. The molecule has 140 valence electrons. The molecule has 9 nitrogen and oxygen atoms in total. The van der Waals surface area contributed by atoms with E-state index in [2.05, 4.69) is 5.32 Å². The van der Waals surface area contributed by atoms with Crippen LogP contribution in [0.25, 0.3) is 6.08 Å². The second kappa shape index (κ2) is 11.3. The highest BCUT2D eigenvalue weighted by Crippen LogP contribution is 2.18. The minimum Gasteiger partial charge on any atom is -0.466 e. The van der Waals surface area contributed by atoms with Gasteiger partial charge in [-0.3, -0.25) is 19.7 Å². The van der Waals surface area contributed by atoms with Crippen LogP contribution in [0.3, 0.4) is 0 Å². The van der Waals surface area contributed by atoms with Crippen LogP contribution < -0.4 is 5.32 Å². The van der Waals surface area contributed by atoms with E-state index < -0.39 is 23.4 Å². The first-order valence-electron chi connectivity index (χ1n) is 7.94. The van der Waals surface area contributed by atoms with Crippen molar-refractivity contribution in [3.63, 3.8) is 0 Å². The van der Waals surface area contributed by atoms with Gasteiger partial charge in [-0.2, -0.15) is 0 Å². The zero-order valence-electron chi connectivity index (χ0n) is 14.3. The zero-order chi connectivity index (χ0) is 19.4. The van der Waals surface area contributed by atoms with E-state index in [1.807, 2.05) is 0 Å². The van der Waals surface area contributed by atoms with Crippen molar-refractivity contribution in [1.29, 1.82) is 0 Å². The third-order valence-corrected chi connectivity index (χ3v) is 3.06. The van der Waals surface area contributed by atoms with Crippen LogP contribution in [0.4, 0.5) is 5.69 Å². The van der Waals surface area contributed by atoms with Crippen molar-refractivity contribution < 1.29 is 28.8 Å². The van der Waals surface area contributed by atoms with Crippen LogP contribution in [0.15, 0.2) is 30.3 Å². The lowest BCUT2D eigenvalue weighted by molar-refractivity contribution is -0.385. The van der Waals surface area contributed by atoms with E-state index in [9.17, 15) is 24.5 Å². The van der Waals surface area contributed by atoms with Crippen LogP contribution in [-0.2, 0) is 23.9 Å². The summed E-state index contributed by atoms with van der Waals surface area (Å²) in [7, 11) is 0. The Morgan fingerprint density at radius 2 is 1.96 bits per heavy atom. The standard InChI is InChI=1S/C17H20N2O7/c1-2-25-16(21)8-5-11-18-15(20)12-26-17(22)10-9-13-6-3-4-7-14(13)19(23)24/h3-4,6-7,9-10H,2,5,8,11-12H2,1H3,(H,18,20)/b10-9+. The predicted molar refractivity (Wildman–Crippen MR) is 92.0 cm³/mol. The topological polar surface area (TPSA) is 125 Å². The first-order chi connectivity index (χ1) is 12.4. The van der Waals surface area contributed by atoms with Crippen LogP contribution in [0, 0.1) is 10.1 Å². The SMILES string of the molecule is CCOC(=O)CCCNC(=O)COC(=O)/C=C/c1ccccc1[N+](=O)[O-]. The molecule has 1 aromatic rings. The molecule has 1 rings (SSSR count). The van der Waals surface area contributed by atoms with Gasteiger partial charge in [0.2, 0.25) is 0 Å². The Morgan fingerprint density at radius 1 is 1.23 bits per heavy atom. The van der Waals surface area contributed by atoms with Gasteiger partial charge >= 0.3 is 11.9 Å². The van der Waals surface area contributed by atoms with E-state index in [0.29, 0.717) is 13.0 Å². The molecule has 0 aromatic heterocycles. The predicted octanol–water partition coefficient (Wildman–Crippen LogP) is 1.61. The molecule has 1 aromatic carbocycles. The lowest BCUT2D eigenvalue weighted by Crippen LogP contribution is -2.29. The number of carbonyl (C=O) groups excluding carboxylic acids is 3. The summed E-state index contributed by atoms with van der Waals surface area (Å²) in [6.45, 7) is 1.78. The summed E-state index contributed by atoms with van der Waals surface area (Å²) in [6.07, 6.45) is 2.86. The van der Waals surface area contributed by atoms with E-state index >= 15 is 0 Å². The Morgan fingerprint density at radius 3 is 2.65 bits per heavy atom. The van der Waals surface area contributed by atoms with Gasteiger partial charge in [0.15, 0.2) is 6.61 Å². The quantitative estimate of drug-likeness (QED) is 0.220. The van der Waals surface area contributed by atoms with Crippen molar-refractivity contribution in [2.45, 2.75) is 19.8 Å². The van der Waals surface area contributed by atoms with Gasteiger partial charge in [0.1, 0.15) is 0 Å². The van der Waals surface area contributed by atoms with E-state index in [4.69, 9.17) is 9.47 Å².